The van der Waals surface area contributed by atoms with Gasteiger partial charge in [0.2, 0.25) is 0 Å². The summed E-state index contributed by atoms with van der Waals surface area (Å²) in [6, 6.07) is -0.298. The Morgan fingerprint density at radius 2 is 2.15 bits per heavy atom. The summed E-state index contributed by atoms with van der Waals surface area (Å²) in [6.45, 7) is 6.53. The Kier molecular flexibility index (Phi) is 9.04. The van der Waals surface area contributed by atoms with Gasteiger partial charge in [0.15, 0.2) is 16.1 Å². The number of nitrogens with one attached hydrogen (secondary N) is 2. The molecule has 3 heterocycles. The summed E-state index contributed by atoms with van der Waals surface area (Å²) in [5.41, 5.74) is 1.31. The van der Waals surface area contributed by atoms with Crippen LogP contribution in [-0.4, -0.2) is 72.0 Å². The van der Waals surface area contributed by atoms with E-state index < -0.39 is 6.67 Å². The monoisotopic (exact) mass is 501 g/mol. The number of imidazole rings is 1. The van der Waals surface area contributed by atoms with Crippen LogP contribution in [-0.2, 0) is 15.9 Å². The SMILES string of the molecule is CCOC(=O)c1sc(N2CC[C@@H](NC(=O)c3nc(Cl)c(CC)[nH]3)[C@@H](OCCCF)C2)nc1C. The molecule has 0 aliphatic carbocycles. The van der Waals surface area contributed by atoms with E-state index in [1.165, 1.54) is 11.3 Å². The second-order valence-electron chi connectivity index (χ2n) is 7.61. The van der Waals surface area contributed by atoms with Crippen LogP contribution in [0, 0.1) is 6.92 Å². The Morgan fingerprint density at radius 1 is 1.36 bits per heavy atom. The number of piperidine rings is 1. The number of anilines is 1. The first-order valence-corrected chi connectivity index (χ1v) is 12.2. The van der Waals surface area contributed by atoms with Crippen LogP contribution in [0.1, 0.15) is 58.4 Å². The van der Waals surface area contributed by atoms with E-state index in [9.17, 15) is 14.0 Å². The van der Waals surface area contributed by atoms with Crippen LogP contribution in [0.4, 0.5) is 9.52 Å². The number of hydrogen-bond donors (Lipinski definition) is 2. The summed E-state index contributed by atoms with van der Waals surface area (Å²) in [4.78, 5) is 39.0. The zero-order valence-electron chi connectivity index (χ0n) is 19.0. The van der Waals surface area contributed by atoms with E-state index in [1.807, 2.05) is 11.8 Å². The van der Waals surface area contributed by atoms with Crippen molar-refractivity contribution >= 4 is 39.9 Å². The van der Waals surface area contributed by atoms with Gasteiger partial charge < -0.3 is 24.7 Å². The Hall–Kier alpha value is -2.24. The molecule has 0 saturated carbocycles. The third-order valence-corrected chi connectivity index (χ3v) is 6.81. The maximum Gasteiger partial charge on any atom is 0.350 e. The lowest BCUT2D eigenvalue weighted by atomic mass is 10.0. The number of aromatic amines is 1. The molecular formula is C21H29ClFN5O4S. The number of carbonyl (C=O) groups is 2. The van der Waals surface area contributed by atoms with E-state index >= 15 is 0 Å². The fourth-order valence-corrected chi connectivity index (χ4v) is 4.84. The number of amides is 1. The molecule has 1 fully saturated rings. The number of ether oxygens (including phenoxy) is 2. The van der Waals surface area contributed by atoms with Gasteiger partial charge >= 0.3 is 5.97 Å². The highest BCUT2D eigenvalue weighted by molar-refractivity contribution is 7.17. The van der Waals surface area contributed by atoms with E-state index in [4.69, 9.17) is 21.1 Å². The number of thiazole rings is 1. The molecule has 1 aliphatic heterocycles. The highest BCUT2D eigenvalue weighted by atomic mass is 35.5. The number of H-pyrrole nitrogens is 1. The summed E-state index contributed by atoms with van der Waals surface area (Å²) in [7, 11) is 0. The van der Waals surface area contributed by atoms with Gasteiger partial charge in [0.1, 0.15) is 4.88 Å². The second-order valence-corrected chi connectivity index (χ2v) is 8.94. The fraction of sp³-hybridized carbons (Fsp3) is 0.619. The van der Waals surface area contributed by atoms with Crippen LogP contribution >= 0.6 is 22.9 Å². The van der Waals surface area contributed by atoms with Gasteiger partial charge in [-0.15, -0.1) is 0 Å². The predicted octanol–water partition coefficient (Wildman–Crippen LogP) is 3.32. The average Bonchev–Trinajstić information content (AvgIpc) is 3.37. The van der Waals surface area contributed by atoms with Crippen molar-refractivity contribution < 1.29 is 23.5 Å². The molecule has 1 aliphatic rings. The number of rotatable bonds is 10. The highest BCUT2D eigenvalue weighted by Crippen LogP contribution is 2.30. The molecule has 0 radical (unpaired) electrons. The molecule has 33 heavy (non-hydrogen) atoms. The molecular weight excluding hydrogens is 473 g/mol. The lowest BCUT2D eigenvalue weighted by molar-refractivity contribution is 0.0171. The smallest absolute Gasteiger partial charge is 0.350 e. The largest absolute Gasteiger partial charge is 0.462 e. The molecule has 2 atom stereocenters. The standard InChI is InChI=1S/C21H29ClFN5O4S/c1-4-13-17(22)27-18(25-13)19(29)26-14-7-9-28(11-15(14)32-10-6-8-23)21-24-12(3)16(33-21)20(30)31-5-2/h14-15H,4-11H2,1-3H3,(H,25,27)(H,26,29)/t14-,15+/m1/s1. The van der Waals surface area contributed by atoms with Gasteiger partial charge in [0.05, 0.1) is 36.8 Å². The van der Waals surface area contributed by atoms with Crippen LogP contribution in [0.15, 0.2) is 0 Å². The first kappa shape index (κ1) is 25.4. The lowest BCUT2D eigenvalue weighted by Gasteiger charge is -2.38. The summed E-state index contributed by atoms with van der Waals surface area (Å²) in [5.74, 6) is -0.611. The van der Waals surface area contributed by atoms with E-state index in [0.717, 1.165) is 0 Å². The highest BCUT2D eigenvalue weighted by Gasteiger charge is 2.34. The van der Waals surface area contributed by atoms with Crippen molar-refractivity contribution in [1.29, 1.82) is 0 Å². The summed E-state index contributed by atoms with van der Waals surface area (Å²) >= 11 is 7.33. The van der Waals surface area contributed by atoms with Crippen LogP contribution in [0.25, 0.3) is 0 Å². The molecule has 2 aromatic heterocycles. The maximum absolute atomic E-state index is 12.8. The molecule has 0 spiro atoms. The average molecular weight is 502 g/mol. The fourth-order valence-electron chi connectivity index (χ4n) is 3.58. The lowest BCUT2D eigenvalue weighted by Crippen LogP contribution is -2.55. The van der Waals surface area contributed by atoms with Crippen molar-refractivity contribution in [3.63, 3.8) is 0 Å². The van der Waals surface area contributed by atoms with Crippen molar-refractivity contribution in [2.24, 2.45) is 0 Å². The molecule has 182 valence electrons. The predicted molar refractivity (Wildman–Crippen MR) is 124 cm³/mol. The maximum atomic E-state index is 12.8. The first-order chi connectivity index (χ1) is 15.9. The molecule has 0 bridgehead atoms. The molecule has 1 saturated heterocycles. The van der Waals surface area contributed by atoms with Gasteiger partial charge in [-0.2, -0.15) is 0 Å². The van der Waals surface area contributed by atoms with E-state index in [2.05, 4.69) is 20.3 Å². The zero-order valence-corrected chi connectivity index (χ0v) is 20.5. The number of alkyl halides is 1. The van der Waals surface area contributed by atoms with Crippen LogP contribution in [0.3, 0.4) is 0 Å². The van der Waals surface area contributed by atoms with E-state index in [0.29, 0.717) is 53.9 Å². The van der Waals surface area contributed by atoms with Crippen molar-refractivity contribution in [3.05, 3.63) is 27.2 Å². The number of hydrogen-bond acceptors (Lipinski definition) is 8. The normalized spacial score (nSPS) is 18.4. The molecule has 12 heteroatoms. The van der Waals surface area contributed by atoms with Crippen molar-refractivity contribution in [2.45, 2.75) is 52.2 Å². The van der Waals surface area contributed by atoms with Gasteiger partial charge in [-0.3, -0.25) is 9.18 Å². The summed E-state index contributed by atoms with van der Waals surface area (Å²) < 4.78 is 23.7. The molecule has 2 N–H and O–H groups in total. The van der Waals surface area contributed by atoms with Crippen LogP contribution in [0.5, 0.6) is 0 Å². The van der Waals surface area contributed by atoms with Crippen molar-refractivity contribution in [2.75, 3.05) is 37.9 Å². The zero-order chi connectivity index (χ0) is 24.0. The molecule has 9 nitrogen and oxygen atoms in total. The number of esters is 1. The Bertz CT molecular complexity index is 969. The quantitative estimate of drug-likeness (QED) is 0.379. The number of carbonyl (C=O) groups excluding carboxylic acids is 2. The van der Waals surface area contributed by atoms with Gasteiger partial charge in [-0.05, 0) is 33.1 Å². The van der Waals surface area contributed by atoms with Crippen LogP contribution in [0.2, 0.25) is 5.15 Å². The third kappa shape index (κ3) is 6.21. The van der Waals surface area contributed by atoms with Gasteiger partial charge in [-0.1, -0.05) is 29.9 Å². The summed E-state index contributed by atoms with van der Waals surface area (Å²) in [5, 5.41) is 3.94. The topological polar surface area (TPSA) is 109 Å². The van der Waals surface area contributed by atoms with E-state index in [1.54, 1.807) is 13.8 Å². The Balaban J connectivity index is 1.72. The third-order valence-electron chi connectivity index (χ3n) is 5.30. The Morgan fingerprint density at radius 3 is 2.82 bits per heavy atom. The van der Waals surface area contributed by atoms with Crippen molar-refractivity contribution in [3.8, 4) is 0 Å². The number of halogens is 2. The minimum absolute atomic E-state index is 0.149. The first-order valence-electron chi connectivity index (χ1n) is 11.0. The number of nitrogens with zero attached hydrogens (tertiary/aromatic N) is 3. The second kappa shape index (κ2) is 11.8. The number of aromatic nitrogens is 3. The van der Waals surface area contributed by atoms with Crippen LogP contribution < -0.4 is 10.2 Å². The molecule has 2 aromatic rings. The minimum Gasteiger partial charge on any atom is -0.462 e. The van der Waals surface area contributed by atoms with E-state index in [-0.39, 0.29) is 48.0 Å². The van der Waals surface area contributed by atoms with Gasteiger partial charge in [-0.25, -0.2) is 14.8 Å². The molecule has 1 amide bonds. The number of aryl methyl sites for hydroxylation is 2. The molecule has 0 aromatic carbocycles. The molecule has 0 unspecified atom stereocenters. The minimum atomic E-state index is -0.479. The molecule has 3 rings (SSSR count). The van der Waals surface area contributed by atoms with Gasteiger partial charge in [0, 0.05) is 19.7 Å². The Labute approximate surface area is 201 Å². The van der Waals surface area contributed by atoms with Crippen molar-refractivity contribution in [1.82, 2.24) is 20.3 Å². The summed E-state index contributed by atoms with van der Waals surface area (Å²) in [6.07, 6.45) is 1.09. The van der Waals surface area contributed by atoms with Gasteiger partial charge in [0.25, 0.3) is 5.91 Å².